The summed E-state index contributed by atoms with van der Waals surface area (Å²) in [6, 6.07) is 8.90. The van der Waals surface area contributed by atoms with Crippen LogP contribution >= 0.6 is 12.2 Å². The smallest absolute Gasteiger partial charge is 0.0740 e. The fourth-order valence-electron chi connectivity index (χ4n) is 2.16. The first kappa shape index (κ1) is 16.1. The molecule has 1 rings (SSSR count). The summed E-state index contributed by atoms with van der Waals surface area (Å²) in [5, 5.41) is 0. The van der Waals surface area contributed by atoms with Crippen molar-refractivity contribution in [2.45, 2.75) is 40.2 Å². The molecule has 2 nitrogen and oxygen atoms in total. The van der Waals surface area contributed by atoms with Gasteiger partial charge in [0.1, 0.15) is 0 Å². The number of nitrogens with two attached hydrogens (primary N) is 1. The minimum absolute atomic E-state index is 0.607. The quantitative estimate of drug-likeness (QED) is 0.739. The first-order valence-electron chi connectivity index (χ1n) is 7.09. The Balaban J connectivity index is 2.60. The fourth-order valence-corrected chi connectivity index (χ4v) is 2.25. The molecule has 2 N–H and O–H groups in total. The summed E-state index contributed by atoms with van der Waals surface area (Å²) in [4.78, 5) is 3.04. The van der Waals surface area contributed by atoms with Crippen molar-refractivity contribution in [1.29, 1.82) is 0 Å². The molecule has 0 radical (unpaired) electrons. The van der Waals surface area contributed by atoms with Gasteiger partial charge in [0.2, 0.25) is 0 Å². The molecule has 0 aromatic heterocycles. The lowest BCUT2D eigenvalue weighted by Crippen LogP contribution is -2.30. The highest BCUT2D eigenvalue weighted by Crippen LogP contribution is 2.10. The molecule has 0 heterocycles. The fraction of sp³-hybridized carbons (Fsp3) is 0.562. The third kappa shape index (κ3) is 6.69. The van der Waals surface area contributed by atoms with Gasteiger partial charge >= 0.3 is 0 Å². The van der Waals surface area contributed by atoms with Crippen molar-refractivity contribution < 1.29 is 0 Å². The van der Waals surface area contributed by atoms with E-state index in [1.165, 1.54) is 11.1 Å². The van der Waals surface area contributed by atoms with E-state index in [2.05, 4.69) is 49.9 Å². The molecule has 1 aromatic carbocycles. The lowest BCUT2D eigenvalue weighted by atomic mass is 10.1. The van der Waals surface area contributed by atoms with Crippen molar-refractivity contribution >= 4 is 17.2 Å². The largest absolute Gasteiger partial charge is 0.393 e. The van der Waals surface area contributed by atoms with Gasteiger partial charge in [0.05, 0.1) is 4.99 Å². The van der Waals surface area contributed by atoms with Gasteiger partial charge in [-0.3, -0.25) is 4.90 Å². The molecule has 0 aliphatic heterocycles. The second-order valence-electron chi connectivity index (χ2n) is 5.52. The first-order chi connectivity index (χ1) is 9.01. The van der Waals surface area contributed by atoms with Gasteiger partial charge in [0.25, 0.3) is 0 Å². The van der Waals surface area contributed by atoms with Gasteiger partial charge in [-0.25, -0.2) is 0 Å². The summed E-state index contributed by atoms with van der Waals surface area (Å²) in [6.07, 6.45) is 1.90. The molecular formula is C16H26N2S. The molecule has 3 heteroatoms. The zero-order valence-electron chi connectivity index (χ0n) is 12.4. The van der Waals surface area contributed by atoms with E-state index >= 15 is 0 Å². The lowest BCUT2D eigenvalue weighted by Gasteiger charge is -2.24. The van der Waals surface area contributed by atoms with Crippen LogP contribution in [-0.4, -0.2) is 23.0 Å². The topological polar surface area (TPSA) is 29.3 Å². The predicted octanol–water partition coefficient (Wildman–Crippen LogP) is 3.38. The second-order valence-corrected chi connectivity index (χ2v) is 6.04. The van der Waals surface area contributed by atoms with Gasteiger partial charge in [0.15, 0.2) is 0 Å². The van der Waals surface area contributed by atoms with Crippen LogP contribution in [-0.2, 0) is 13.0 Å². The van der Waals surface area contributed by atoms with Gasteiger partial charge < -0.3 is 5.73 Å². The van der Waals surface area contributed by atoms with E-state index in [1.807, 2.05) is 0 Å². The predicted molar refractivity (Wildman–Crippen MR) is 87.3 cm³/mol. The number of rotatable bonds is 8. The second kappa shape index (κ2) is 8.28. The van der Waals surface area contributed by atoms with Crippen LogP contribution in [0.2, 0.25) is 0 Å². The van der Waals surface area contributed by atoms with Crippen LogP contribution < -0.4 is 5.73 Å². The minimum atomic E-state index is 0.607. The monoisotopic (exact) mass is 278 g/mol. The van der Waals surface area contributed by atoms with E-state index < -0.39 is 0 Å². The maximum absolute atomic E-state index is 5.61. The Hall–Kier alpha value is -0.930. The third-order valence-electron chi connectivity index (χ3n) is 3.14. The van der Waals surface area contributed by atoms with Gasteiger partial charge in [-0.2, -0.15) is 0 Å². The highest BCUT2D eigenvalue weighted by Gasteiger charge is 2.08. The van der Waals surface area contributed by atoms with Gasteiger partial charge in [0, 0.05) is 26.1 Å². The summed E-state index contributed by atoms with van der Waals surface area (Å²) in [5.41, 5.74) is 8.36. The standard InChI is InChI=1S/C16H26N2S/c1-4-14-5-7-15(8-6-14)12-18(11-13(2)3)10-9-16(17)19/h5-8,13H,4,9-12H2,1-3H3,(H2,17,19). The average Bonchev–Trinajstić information content (AvgIpc) is 2.36. The molecule has 0 bridgehead atoms. The summed E-state index contributed by atoms with van der Waals surface area (Å²) >= 11 is 4.98. The molecule has 106 valence electrons. The Morgan fingerprint density at radius 2 is 1.79 bits per heavy atom. The van der Waals surface area contributed by atoms with Crippen molar-refractivity contribution in [3.63, 3.8) is 0 Å². The van der Waals surface area contributed by atoms with Crippen LogP contribution in [0.4, 0.5) is 0 Å². The number of thiocarbonyl (C=S) groups is 1. The van der Waals surface area contributed by atoms with E-state index in [9.17, 15) is 0 Å². The zero-order chi connectivity index (χ0) is 14.3. The molecule has 1 aromatic rings. The highest BCUT2D eigenvalue weighted by atomic mass is 32.1. The molecule has 0 spiro atoms. The van der Waals surface area contributed by atoms with E-state index in [0.717, 1.165) is 32.5 Å². The molecule has 0 atom stereocenters. The summed E-state index contributed by atoms with van der Waals surface area (Å²) in [5.74, 6) is 0.654. The number of benzene rings is 1. The Morgan fingerprint density at radius 1 is 1.21 bits per heavy atom. The Labute approximate surface area is 123 Å². The maximum Gasteiger partial charge on any atom is 0.0740 e. The number of hydrogen-bond donors (Lipinski definition) is 1. The molecule has 0 saturated carbocycles. The van der Waals surface area contributed by atoms with E-state index in [0.29, 0.717) is 10.9 Å². The van der Waals surface area contributed by atoms with Crippen molar-refractivity contribution in [1.82, 2.24) is 4.90 Å². The van der Waals surface area contributed by atoms with Crippen LogP contribution in [0, 0.1) is 5.92 Å². The lowest BCUT2D eigenvalue weighted by molar-refractivity contribution is 0.243. The summed E-state index contributed by atoms with van der Waals surface area (Å²) < 4.78 is 0. The van der Waals surface area contributed by atoms with Crippen LogP contribution in [0.15, 0.2) is 24.3 Å². The normalized spacial score (nSPS) is 11.2. The van der Waals surface area contributed by atoms with Crippen molar-refractivity contribution in [3.05, 3.63) is 35.4 Å². The SMILES string of the molecule is CCc1ccc(CN(CCC(N)=S)CC(C)C)cc1. The summed E-state index contributed by atoms with van der Waals surface area (Å²) in [7, 11) is 0. The molecule has 0 amide bonds. The molecular weight excluding hydrogens is 252 g/mol. The van der Waals surface area contributed by atoms with Crippen LogP contribution in [0.5, 0.6) is 0 Å². The van der Waals surface area contributed by atoms with Crippen LogP contribution in [0.25, 0.3) is 0 Å². The van der Waals surface area contributed by atoms with Crippen molar-refractivity contribution in [3.8, 4) is 0 Å². The molecule has 0 fully saturated rings. The van der Waals surface area contributed by atoms with E-state index in [4.69, 9.17) is 18.0 Å². The Kier molecular flexibility index (Phi) is 7.03. The van der Waals surface area contributed by atoms with Gasteiger partial charge in [-0.05, 0) is 23.5 Å². The van der Waals surface area contributed by atoms with Gasteiger partial charge in [-0.1, -0.05) is 57.3 Å². The molecule has 0 saturated heterocycles. The third-order valence-corrected chi connectivity index (χ3v) is 3.34. The minimum Gasteiger partial charge on any atom is -0.393 e. The summed E-state index contributed by atoms with van der Waals surface area (Å²) in [6.45, 7) is 9.68. The average molecular weight is 278 g/mol. The highest BCUT2D eigenvalue weighted by molar-refractivity contribution is 7.80. The molecule has 0 unspecified atom stereocenters. The van der Waals surface area contributed by atoms with E-state index in [1.54, 1.807) is 0 Å². The maximum atomic E-state index is 5.61. The first-order valence-corrected chi connectivity index (χ1v) is 7.50. The van der Waals surface area contributed by atoms with Gasteiger partial charge in [-0.15, -0.1) is 0 Å². The van der Waals surface area contributed by atoms with E-state index in [-0.39, 0.29) is 0 Å². The van der Waals surface area contributed by atoms with Crippen molar-refractivity contribution in [2.24, 2.45) is 11.7 Å². The Bertz CT molecular complexity index is 384. The van der Waals surface area contributed by atoms with Crippen molar-refractivity contribution in [2.75, 3.05) is 13.1 Å². The number of hydrogen-bond acceptors (Lipinski definition) is 2. The molecule has 0 aliphatic carbocycles. The zero-order valence-corrected chi connectivity index (χ0v) is 13.2. The molecule has 19 heavy (non-hydrogen) atoms. The Morgan fingerprint density at radius 3 is 2.26 bits per heavy atom. The van der Waals surface area contributed by atoms with Crippen LogP contribution in [0.3, 0.4) is 0 Å². The molecule has 0 aliphatic rings. The van der Waals surface area contributed by atoms with Crippen LogP contribution in [0.1, 0.15) is 38.3 Å². The number of nitrogens with zero attached hydrogens (tertiary/aromatic N) is 1. The number of aryl methyl sites for hydroxylation is 1.